The molecule has 0 radical (unpaired) electrons. The molecular formula is C27H33FN6O4S. The lowest BCUT2D eigenvalue weighted by Crippen LogP contribution is -2.70. The van der Waals surface area contributed by atoms with E-state index in [0.29, 0.717) is 37.8 Å². The standard InChI is InChI=1S/C27H33FN6O4S/c1-5-33-26(38)21-23(36)22(35)19(24(30)39-20(29)14-16-6-8-18(28)9-7-16)15-34(21)32(4)27(33)12-10-17(11-13-27)25(37)31(2)3/h6-9,15,17,29-30,36H,5,10-14H2,1-4H3. The lowest BCUT2D eigenvalue weighted by atomic mass is 9.79. The van der Waals surface area contributed by atoms with Crippen molar-refractivity contribution in [2.45, 2.75) is 44.7 Å². The van der Waals surface area contributed by atoms with Gasteiger partial charge in [-0.1, -0.05) is 23.9 Å². The Labute approximate surface area is 230 Å². The quantitative estimate of drug-likeness (QED) is 0.383. The number of nitrogens with zero attached hydrogens (tertiary/aromatic N) is 4. The van der Waals surface area contributed by atoms with Crippen LogP contribution in [0.2, 0.25) is 0 Å². The van der Waals surface area contributed by atoms with Crippen molar-refractivity contribution in [2.75, 3.05) is 32.7 Å². The van der Waals surface area contributed by atoms with E-state index in [9.17, 15) is 23.9 Å². The summed E-state index contributed by atoms with van der Waals surface area (Å²) in [6, 6.07) is 5.68. The summed E-state index contributed by atoms with van der Waals surface area (Å²) in [7, 11) is 5.23. The number of hydrogen-bond donors (Lipinski definition) is 3. The number of carbonyl (C=O) groups is 2. The molecule has 1 aromatic heterocycles. The zero-order valence-corrected chi connectivity index (χ0v) is 23.3. The molecule has 10 nitrogen and oxygen atoms in total. The molecule has 1 aliphatic carbocycles. The van der Waals surface area contributed by atoms with Gasteiger partial charge in [0.15, 0.2) is 11.4 Å². The van der Waals surface area contributed by atoms with Gasteiger partial charge in [-0.3, -0.25) is 34.9 Å². The maximum absolute atomic E-state index is 13.6. The number of amides is 2. The molecule has 1 saturated carbocycles. The Morgan fingerprint density at radius 1 is 1.18 bits per heavy atom. The van der Waals surface area contributed by atoms with Gasteiger partial charge in [0.25, 0.3) is 5.91 Å². The summed E-state index contributed by atoms with van der Waals surface area (Å²) in [6.07, 6.45) is 3.71. The fraction of sp³-hybridized carbons (Fsp3) is 0.444. The van der Waals surface area contributed by atoms with E-state index < -0.39 is 22.7 Å². The molecule has 1 aromatic carbocycles. The zero-order chi connectivity index (χ0) is 28.6. The molecule has 1 aliphatic heterocycles. The SMILES string of the molecule is CCN1C(=O)c2c(O)c(=O)c(C(=N)SC(=N)Cc3ccc(F)cc3)cn2N(C)C12CCC(C(=O)N(C)C)CC2. The molecule has 2 heterocycles. The third-order valence-corrected chi connectivity index (χ3v) is 8.50. The van der Waals surface area contributed by atoms with Gasteiger partial charge in [0, 0.05) is 46.2 Å². The molecule has 4 rings (SSSR count). The Kier molecular flexibility index (Phi) is 7.87. The largest absolute Gasteiger partial charge is 0.502 e. The van der Waals surface area contributed by atoms with Crippen LogP contribution >= 0.6 is 11.8 Å². The van der Waals surface area contributed by atoms with Crippen molar-refractivity contribution >= 4 is 33.7 Å². The van der Waals surface area contributed by atoms with E-state index in [4.69, 9.17) is 10.8 Å². The molecule has 3 N–H and O–H groups in total. The van der Waals surface area contributed by atoms with E-state index in [1.807, 2.05) is 11.9 Å². The minimum Gasteiger partial charge on any atom is -0.502 e. The van der Waals surface area contributed by atoms with Crippen LogP contribution in [0.15, 0.2) is 35.3 Å². The average molecular weight is 557 g/mol. The third kappa shape index (κ3) is 5.05. The normalized spacial score (nSPS) is 20.6. The lowest BCUT2D eigenvalue weighted by molar-refractivity contribution is -0.135. The van der Waals surface area contributed by atoms with Crippen molar-refractivity contribution in [3.05, 3.63) is 63.3 Å². The molecule has 2 aromatic rings. The number of carbonyl (C=O) groups excluding carboxylic acids is 2. The van der Waals surface area contributed by atoms with E-state index in [2.05, 4.69) is 0 Å². The summed E-state index contributed by atoms with van der Waals surface area (Å²) in [6.45, 7) is 2.18. The van der Waals surface area contributed by atoms with E-state index in [0.717, 1.165) is 11.8 Å². The molecule has 0 unspecified atom stereocenters. The number of nitrogens with one attached hydrogen (secondary N) is 2. The van der Waals surface area contributed by atoms with Crippen LogP contribution in [0, 0.1) is 22.6 Å². The maximum Gasteiger partial charge on any atom is 0.278 e. The second kappa shape index (κ2) is 10.8. The van der Waals surface area contributed by atoms with Crippen LogP contribution in [0.1, 0.15) is 54.2 Å². The molecule has 1 fully saturated rings. The van der Waals surface area contributed by atoms with Gasteiger partial charge in [-0.15, -0.1) is 0 Å². The van der Waals surface area contributed by atoms with Gasteiger partial charge in [0.2, 0.25) is 11.3 Å². The summed E-state index contributed by atoms with van der Waals surface area (Å²) in [5.41, 5.74) is -1.26. The highest BCUT2D eigenvalue weighted by Crippen LogP contribution is 2.42. The number of aromatic nitrogens is 1. The third-order valence-electron chi connectivity index (χ3n) is 7.68. The first-order valence-electron chi connectivity index (χ1n) is 12.8. The van der Waals surface area contributed by atoms with Crippen molar-refractivity contribution < 1.29 is 19.1 Å². The van der Waals surface area contributed by atoms with Gasteiger partial charge in [0.05, 0.1) is 10.6 Å². The topological polar surface area (TPSA) is 134 Å². The zero-order valence-electron chi connectivity index (χ0n) is 22.5. The molecule has 12 heteroatoms. The molecule has 2 amide bonds. The number of benzene rings is 1. The first kappa shape index (κ1) is 28.3. The van der Waals surface area contributed by atoms with Crippen molar-refractivity contribution in [3.63, 3.8) is 0 Å². The molecule has 2 aliphatic rings. The number of hydrogen-bond acceptors (Lipinski definition) is 8. The van der Waals surface area contributed by atoms with Crippen LogP contribution in [0.4, 0.5) is 4.39 Å². The molecule has 208 valence electrons. The van der Waals surface area contributed by atoms with Crippen molar-refractivity contribution in [1.82, 2.24) is 14.5 Å². The smallest absolute Gasteiger partial charge is 0.278 e. The summed E-state index contributed by atoms with van der Waals surface area (Å²) in [5, 5.41) is 29.3. The second-order valence-corrected chi connectivity index (χ2v) is 11.2. The van der Waals surface area contributed by atoms with Crippen LogP contribution in [-0.4, -0.2) is 74.8 Å². The van der Waals surface area contributed by atoms with E-state index >= 15 is 0 Å². The first-order chi connectivity index (χ1) is 18.4. The Hall–Kier alpha value is -3.67. The van der Waals surface area contributed by atoms with Gasteiger partial charge >= 0.3 is 0 Å². The molecule has 1 spiro atoms. The Morgan fingerprint density at radius 3 is 2.36 bits per heavy atom. The maximum atomic E-state index is 13.6. The van der Waals surface area contributed by atoms with Crippen molar-refractivity contribution in [1.29, 1.82) is 10.8 Å². The minimum atomic E-state index is -0.859. The fourth-order valence-electron chi connectivity index (χ4n) is 5.60. The number of rotatable bonds is 5. The number of fused-ring (bicyclic) bond motifs is 1. The van der Waals surface area contributed by atoms with Crippen LogP contribution < -0.4 is 10.4 Å². The van der Waals surface area contributed by atoms with Gasteiger partial charge in [0.1, 0.15) is 16.5 Å². The summed E-state index contributed by atoms with van der Waals surface area (Å²) in [5.74, 6) is -1.72. The number of thioether (sulfide) groups is 1. The predicted molar refractivity (Wildman–Crippen MR) is 149 cm³/mol. The minimum absolute atomic E-state index is 0.0511. The molecule has 0 saturated heterocycles. The number of aromatic hydroxyl groups is 1. The van der Waals surface area contributed by atoms with Crippen molar-refractivity contribution in [3.8, 4) is 5.75 Å². The van der Waals surface area contributed by atoms with Gasteiger partial charge in [-0.05, 0) is 50.3 Å². The van der Waals surface area contributed by atoms with E-state index in [1.54, 1.807) is 43.1 Å². The molecule has 39 heavy (non-hydrogen) atoms. The highest BCUT2D eigenvalue weighted by Gasteiger charge is 2.51. The first-order valence-corrected chi connectivity index (χ1v) is 13.6. The summed E-state index contributed by atoms with van der Waals surface area (Å²) >= 11 is 0.758. The highest BCUT2D eigenvalue weighted by molar-refractivity contribution is 8.26. The Bertz CT molecular complexity index is 1380. The van der Waals surface area contributed by atoms with Crippen LogP contribution in [0.3, 0.4) is 0 Å². The predicted octanol–water partition coefficient (Wildman–Crippen LogP) is 2.99. The van der Waals surface area contributed by atoms with Gasteiger partial charge < -0.3 is 14.9 Å². The monoisotopic (exact) mass is 556 g/mol. The van der Waals surface area contributed by atoms with Gasteiger partial charge in [-0.25, -0.2) is 4.39 Å². The highest BCUT2D eigenvalue weighted by atomic mass is 32.2. The van der Waals surface area contributed by atoms with Crippen molar-refractivity contribution in [2.24, 2.45) is 5.92 Å². The number of halogens is 1. The molecule has 0 atom stereocenters. The second-order valence-electron chi connectivity index (χ2n) is 10.1. The lowest BCUT2D eigenvalue weighted by Gasteiger charge is -2.56. The van der Waals surface area contributed by atoms with E-state index in [-0.39, 0.29) is 45.4 Å². The molecular weight excluding hydrogens is 523 g/mol. The Balaban J connectivity index is 1.65. The van der Waals surface area contributed by atoms with Crippen LogP contribution in [-0.2, 0) is 11.2 Å². The van der Waals surface area contributed by atoms with Crippen LogP contribution in [0.5, 0.6) is 5.75 Å². The Morgan fingerprint density at radius 2 is 1.79 bits per heavy atom. The summed E-state index contributed by atoms with van der Waals surface area (Å²) in [4.78, 5) is 42.5. The fourth-order valence-corrected chi connectivity index (χ4v) is 6.34. The number of pyridine rings is 1. The van der Waals surface area contributed by atoms with Gasteiger partial charge in [-0.2, -0.15) is 0 Å². The summed E-state index contributed by atoms with van der Waals surface area (Å²) < 4.78 is 14.6. The molecule has 0 bridgehead atoms. The van der Waals surface area contributed by atoms with E-state index in [1.165, 1.54) is 23.0 Å². The van der Waals surface area contributed by atoms with Crippen LogP contribution in [0.25, 0.3) is 0 Å². The average Bonchev–Trinajstić information content (AvgIpc) is 2.90.